The van der Waals surface area contributed by atoms with Gasteiger partial charge in [0.1, 0.15) is 0 Å². The number of thioether (sulfide) groups is 1. The molecule has 0 aliphatic carbocycles. The monoisotopic (exact) mass is 355 g/mol. The van der Waals surface area contributed by atoms with E-state index in [4.69, 9.17) is 9.47 Å². The standard InChI is InChI=1S/C18H17N3O3S/c1-11-2-4-13-14(6-11)21-18(20-13)25-9-17(22)19-8-12-3-5-15-16(7-12)24-10-23-15/h2-7H,8-10H2,1H3,(H,19,22)(H,20,21). The summed E-state index contributed by atoms with van der Waals surface area (Å²) in [6, 6.07) is 11.7. The van der Waals surface area contributed by atoms with Crippen LogP contribution in [0.1, 0.15) is 11.1 Å². The van der Waals surface area contributed by atoms with Gasteiger partial charge in [0.15, 0.2) is 16.7 Å². The Morgan fingerprint density at radius 2 is 2.12 bits per heavy atom. The minimum absolute atomic E-state index is 0.0423. The molecule has 128 valence electrons. The fourth-order valence-corrected chi connectivity index (χ4v) is 3.32. The number of ether oxygens (including phenoxy) is 2. The average Bonchev–Trinajstić information content (AvgIpc) is 3.23. The van der Waals surface area contributed by atoms with E-state index in [0.717, 1.165) is 33.3 Å². The van der Waals surface area contributed by atoms with E-state index < -0.39 is 0 Å². The van der Waals surface area contributed by atoms with Gasteiger partial charge in [-0.1, -0.05) is 23.9 Å². The Hall–Kier alpha value is -2.67. The van der Waals surface area contributed by atoms with Crippen molar-refractivity contribution in [2.45, 2.75) is 18.6 Å². The summed E-state index contributed by atoms with van der Waals surface area (Å²) in [7, 11) is 0. The van der Waals surface area contributed by atoms with Crippen LogP contribution < -0.4 is 14.8 Å². The molecule has 2 heterocycles. The molecular formula is C18H17N3O3S. The molecule has 2 N–H and O–H groups in total. The first kappa shape index (κ1) is 15.8. The van der Waals surface area contributed by atoms with Crippen LogP contribution in [-0.2, 0) is 11.3 Å². The molecule has 1 aliphatic rings. The highest BCUT2D eigenvalue weighted by Gasteiger charge is 2.13. The van der Waals surface area contributed by atoms with Crippen molar-refractivity contribution >= 4 is 28.7 Å². The zero-order chi connectivity index (χ0) is 17.2. The Kier molecular flexibility index (Phi) is 4.23. The van der Waals surface area contributed by atoms with Gasteiger partial charge >= 0.3 is 0 Å². The summed E-state index contributed by atoms with van der Waals surface area (Å²) in [5, 5.41) is 3.65. The molecular weight excluding hydrogens is 338 g/mol. The lowest BCUT2D eigenvalue weighted by atomic mass is 10.2. The SMILES string of the molecule is Cc1ccc2nc(SCC(=O)NCc3ccc4c(c3)OCO4)[nH]c2c1. The highest BCUT2D eigenvalue weighted by molar-refractivity contribution is 7.99. The van der Waals surface area contributed by atoms with Crippen molar-refractivity contribution in [3.63, 3.8) is 0 Å². The smallest absolute Gasteiger partial charge is 0.231 e. The summed E-state index contributed by atoms with van der Waals surface area (Å²) in [5.74, 6) is 1.73. The Balaban J connectivity index is 1.31. The molecule has 3 aromatic rings. The van der Waals surface area contributed by atoms with Crippen LogP contribution in [0, 0.1) is 6.92 Å². The summed E-state index contributed by atoms with van der Waals surface area (Å²) in [5.41, 5.74) is 4.05. The first-order valence-electron chi connectivity index (χ1n) is 7.92. The molecule has 0 spiro atoms. The number of amides is 1. The minimum atomic E-state index is -0.0423. The zero-order valence-electron chi connectivity index (χ0n) is 13.7. The van der Waals surface area contributed by atoms with Gasteiger partial charge in [-0.05, 0) is 42.3 Å². The van der Waals surface area contributed by atoms with E-state index in [-0.39, 0.29) is 12.7 Å². The van der Waals surface area contributed by atoms with Gasteiger partial charge < -0.3 is 19.8 Å². The molecule has 1 amide bonds. The molecule has 0 atom stereocenters. The first-order valence-corrected chi connectivity index (χ1v) is 8.90. The van der Waals surface area contributed by atoms with Crippen LogP contribution in [0.25, 0.3) is 11.0 Å². The molecule has 0 radical (unpaired) electrons. The van der Waals surface area contributed by atoms with E-state index in [9.17, 15) is 4.79 Å². The largest absolute Gasteiger partial charge is 0.454 e. The van der Waals surface area contributed by atoms with Gasteiger partial charge in [-0.15, -0.1) is 0 Å². The molecule has 6 nitrogen and oxygen atoms in total. The molecule has 2 aromatic carbocycles. The third kappa shape index (κ3) is 3.56. The number of nitrogens with one attached hydrogen (secondary N) is 2. The quantitative estimate of drug-likeness (QED) is 0.688. The summed E-state index contributed by atoms with van der Waals surface area (Å²) in [6.07, 6.45) is 0. The van der Waals surface area contributed by atoms with Crippen LogP contribution >= 0.6 is 11.8 Å². The summed E-state index contributed by atoms with van der Waals surface area (Å²) in [6.45, 7) is 2.74. The number of hydrogen-bond donors (Lipinski definition) is 2. The van der Waals surface area contributed by atoms with Crippen molar-refractivity contribution in [1.82, 2.24) is 15.3 Å². The van der Waals surface area contributed by atoms with Gasteiger partial charge in [0.25, 0.3) is 0 Å². The topological polar surface area (TPSA) is 76.2 Å². The fraction of sp³-hybridized carbons (Fsp3) is 0.222. The fourth-order valence-electron chi connectivity index (χ4n) is 2.60. The number of hydrogen-bond acceptors (Lipinski definition) is 5. The predicted molar refractivity (Wildman–Crippen MR) is 96.0 cm³/mol. The normalized spacial score (nSPS) is 12.5. The van der Waals surface area contributed by atoms with Crippen LogP contribution in [-0.4, -0.2) is 28.4 Å². The van der Waals surface area contributed by atoms with Crippen molar-refractivity contribution in [3.8, 4) is 11.5 Å². The van der Waals surface area contributed by atoms with E-state index >= 15 is 0 Å². The Morgan fingerprint density at radius 1 is 1.24 bits per heavy atom. The lowest BCUT2D eigenvalue weighted by molar-refractivity contribution is -0.118. The van der Waals surface area contributed by atoms with Crippen LogP contribution in [0.5, 0.6) is 11.5 Å². The summed E-state index contributed by atoms with van der Waals surface area (Å²) in [4.78, 5) is 19.8. The second-order valence-corrected chi connectivity index (χ2v) is 6.78. The number of imidazole rings is 1. The third-order valence-corrected chi connectivity index (χ3v) is 4.76. The maximum atomic E-state index is 12.1. The van der Waals surface area contributed by atoms with Crippen molar-refractivity contribution < 1.29 is 14.3 Å². The van der Waals surface area contributed by atoms with E-state index in [0.29, 0.717) is 12.3 Å². The second-order valence-electron chi connectivity index (χ2n) is 5.82. The number of benzene rings is 2. The highest BCUT2D eigenvalue weighted by atomic mass is 32.2. The number of aromatic nitrogens is 2. The molecule has 0 bridgehead atoms. The second kappa shape index (κ2) is 6.68. The predicted octanol–water partition coefficient (Wildman–Crippen LogP) is 3.01. The molecule has 0 fully saturated rings. The molecule has 1 aliphatic heterocycles. The molecule has 0 saturated heterocycles. The third-order valence-electron chi connectivity index (χ3n) is 3.88. The molecule has 0 unspecified atom stereocenters. The lowest BCUT2D eigenvalue weighted by Crippen LogP contribution is -2.24. The number of carbonyl (C=O) groups is 1. The van der Waals surface area contributed by atoms with Crippen molar-refractivity contribution in [2.24, 2.45) is 0 Å². The Bertz CT molecular complexity index is 938. The molecule has 1 aromatic heterocycles. The van der Waals surface area contributed by atoms with Crippen LogP contribution in [0.2, 0.25) is 0 Å². The van der Waals surface area contributed by atoms with Gasteiger partial charge in [0.05, 0.1) is 16.8 Å². The minimum Gasteiger partial charge on any atom is -0.454 e. The maximum Gasteiger partial charge on any atom is 0.231 e. The highest BCUT2D eigenvalue weighted by Crippen LogP contribution is 2.32. The molecule has 25 heavy (non-hydrogen) atoms. The van der Waals surface area contributed by atoms with E-state index in [1.165, 1.54) is 17.3 Å². The Labute approximate surface area is 148 Å². The van der Waals surface area contributed by atoms with Crippen LogP contribution in [0.4, 0.5) is 0 Å². The van der Waals surface area contributed by atoms with E-state index in [1.807, 2.05) is 43.3 Å². The number of carbonyl (C=O) groups excluding carboxylic acids is 1. The van der Waals surface area contributed by atoms with Gasteiger partial charge in [0, 0.05) is 6.54 Å². The average molecular weight is 355 g/mol. The summed E-state index contributed by atoms with van der Waals surface area (Å²) < 4.78 is 10.6. The molecule has 0 saturated carbocycles. The van der Waals surface area contributed by atoms with E-state index in [2.05, 4.69) is 15.3 Å². The first-order chi connectivity index (χ1) is 12.2. The van der Waals surface area contributed by atoms with Gasteiger partial charge in [-0.3, -0.25) is 4.79 Å². The van der Waals surface area contributed by atoms with E-state index in [1.54, 1.807) is 0 Å². The van der Waals surface area contributed by atoms with Gasteiger partial charge in [-0.25, -0.2) is 4.98 Å². The van der Waals surface area contributed by atoms with Crippen LogP contribution in [0.15, 0.2) is 41.6 Å². The number of H-pyrrole nitrogens is 1. The molecule has 4 rings (SSSR count). The lowest BCUT2D eigenvalue weighted by Gasteiger charge is -2.05. The number of aromatic amines is 1. The van der Waals surface area contributed by atoms with Crippen LogP contribution in [0.3, 0.4) is 0 Å². The zero-order valence-corrected chi connectivity index (χ0v) is 14.5. The summed E-state index contributed by atoms with van der Waals surface area (Å²) >= 11 is 1.39. The Morgan fingerprint density at radius 3 is 3.04 bits per heavy atom. The molecule has 7 heteroatoms. The van der Waals surface area contributed by atoms with Crippen molar-refractivity contribution in [3.05, 3.63) is 47.5 Å². The number of nitrogens with zero attached hydrogens (tertiary/aromatic N) is 1. The van der Waals surface area contributed by atoms with Crippen molar-refractivity contribution in [1.29, 1.82) is 0 Å². The number of fused-ring (bicyclic) bond motifs is 2. The number of aryl methyl sites for hydroxylation is 1. The van der Waals surface area contributed by atoms with Crippen molar-refractivity contribution in [2.75, 3.05) is 12.5 Å². The van der Waals surface area contributed by atoms with Gasteiger partial charge in [0.2, 0.25) is 12.7 Å². The number of rotatable bonds is 5. The van der Waals surface area contributed by atoms with Gasteiger partial charge in [-0.2, -0.15) is 0 Å². The maximum absolute atomic E-state index is 12.1.